The van der Waals surface area contributed by atoms with E-state index < -0.39 is 10.9 Å². The van der Waals surface area contributed by atoms with E-state index in [2.05, 4.69) is 0 Å². The molecule has 0 aliphatic rings. The monoisotopic (exact) mass is 281 g/mol. The summed E-state index contributed by atoms with van der Waals surface area (Å²) in [6.07, 6.45) is 1.88. The van der Waals surface area contributed by atoms with Gasteiger partial charge in [-0.25, -0.2) is 4.79 Å². The second-order valence-corrected chi connectivity index (χ2v) is 4.17. The first-order chi connectivity index (χ1) is 9.35. The molecule has 0 unspecified atom stereocenters. The Hall–Kier alpha value is -2.57. The molecule has 7 heteroatoms. The number of nitro groups is 1. The van der Waals surface area contributed by atoms with Crippen LogP contribution in [0.5, 0.6) is 11.5 Å². The summed E-state index contributed by atoms with van der Waals surface area (Å²) in [6, 6.07) is 2.71. The molecule has 0 bridgehead atoms. The van der Waals surface area contributed by atoms with Crippen LogP contribution in [0.1, 0.15) is 19.4 Å². The molecule has 1 N–H and O–H groups in total. The molecule has 0 atom stereocenters. The average Bonchev–Trinajstić information content (AvgIpc) is 2.36. The smallest absolute Gasteiger partial charge is 0.328 e. The molecular formula is C13H15NO6. The fraction of sp³-hybridized carbons (Fsp3) is 0.308. The summed E-state index contributed by atoms with van der Waals surface area (Å²) >= 11 is 0. The van der Waals surface area contributed by atoms with Crippen LogP contribution in [0, 0.1) is 10.1 Å². The van der Waals surface area contributed by atoms with Gasteiger partial charge in [0.2, 0.25) is 5.75 Å². The van der Waals surface area contributed by atoms with Crippen LogP contribution in [0.3, 0.4) is 0 Å². The second kappa shape index (κ2) is 6.55. The van der Waals surface area contributed by atoms with E-state index in [4.69, 9.17) is 14.6 Å². The van der Waals surface area contributed by atoms with Crippen LogP contribution < -0.4 is 9.47 Å². The minimum Gasteiger partial charge on any atom is -0.493 e. The van der Waals surface area contributed by atoms with Crippen LogP contribution in [-0.2, 0) is 4.79 Å². The zero-order valence-corrected chi connectivity index (χ0v) is 11.3. The van der Waals surface area contributed by atoms with Crippen molar-refractivity contribution in [2.24, 2.45) is 0 Å². The summed E-state index contributed by atoms with van der Waals surface area (Å²) in [5.74, 6) is -0.938. The molecule has 0 aliphatic carbocycles. The molecule has 0 amide bonds. The number of benzene rings is 1. The van der Waals surface area contributed by atoms with Crippen LogP contribution in [0.25, 0.3) is 6.08 Å². The molecule has 0 radical (unpaired) electrons. The molecule has 7 nitrogen and oxygen atoms in total. The molecule has 0 saturated heterocycles. The minimum absolute atomic E-state index is 0.0278. The van der Waals surface area contributed by atoms with Crippen molar-refractivity contribution in [3.8, 4) is 11.5 Å². The van der Waals surface area contributed by atoms with E-state index in [1.807, 2.05) is 0 Å². The molecule has 0 spiro atoms. The van der Waals surface area contributed by atoms with E-state index in [0.717, 1.165) is 6.08 Å². The van der Waals surface area contributed by atoms with Crippen molar-refractivity contribution in [2.45, 2.75) is 20.0 Å². The van der Waals surface area contributed by atoms with Crippen LogP contribution in [0.2, 0.25) is 0 Å². The summed E-state index contributed by atoms with van der Waals surface area (Å²) in [5, 5.41) is 19.7. The van der Waals surface area contributed by atoms with Gasteiger partial charge in [0, 0.05) is 12.1 Å². The summed E-state index contributed by atoms with van der Waals surface area (Å²) < 4.78 is 10.5. The third-order valence-electron chi connectivity index (χ3n) is 2.25. The van der Waals surface area contributed by atoms with Gasteiger partial charge in [0.25, 0.3) is 0 Å². The lowest BCUT2D eigenvalue weighted by molar-refractivity contribution is -0.386. The lowest BCUT2D eigenvalue weighted by Gasteiger charge is -2.14. The summed E-state index contributed by atoms with van der Waals surface area (Å²) in [6.45, 7) is 3.48. The number of carboxylic acids is 1. The number of methoxy groups -OCH3 is 1. The van der Waals surface area contributed by atoms with E-state index in [9.17, 15) is 14.9 Å². The molecule has 0 aliphatic heterocycles. The van der Waals surface area contributed by atoms with Gasteiger partial charge >= 0.3 is 11.7 Å². The number of nitro benzene ring substituents is 1. The standard InChI is InChI=1S/C13H15NO6/c1-8(2)20-13-10(14(17)18)6-9(4-5-12(15)16)7-11(13)19-3/h4-8H,1-3H3,(H,15,16). The van der Waals surface area contributed by atoms with Gasteiger partial charge in [-0.3, -0.25) is 10.1 Å². The number of aliphatic carboxylic acids is 1. The summed E-state index contributed by atoms with van der Waals surface area (Å²) in [7, 11) is 1.36. The third-order valence-corrected chi connectivity index (χ3v) is 2.25. The number of carbonyl (C=O) groups is 1. The number of carboxylic acid groups (broad SMARTS) is 1. The topological polar surface area (TPSA) is 98.9 Å². The van der Waals surface area contributed by atoms with Crippen molar-refractivity contribution < 1.29 is 24.3 Å². The van der Waals surface area contributed by atoms with Crippen molar-refractivity contribution in [2.75, 3.05) is 7.11 Å². The molecule has 0 heterocycles. The normalized spacial score (nSPS) is 10.8. The highest BCUT2D eigenvalue weighted by Crippen LogP contribution is 2.39. The highest BCUT2D eigenvalue weighted by Gasteiger charge is 2.22. The van der Waals surface area contributed by atoms with Gasteiger partial charge in [0.05, 0.1) is 18.1 Å². The van der Waals surface area contributed by atoms with Crippen molar-refractivity contribution in [3.05, 3.63) is 33.9 Å². The first kappa shape index (κ1) is 15.5. The van der Waals surface area contributed by atoms with Crippen molar-refractivity contribution >= 4 is 17.7 Å². The fourth-order valence-electron chi connectivity index (χ4n) is 1.51. The van der Waals surface area contributed by atoms with Gasteiger partial charge in [0.15, 0.2) is 5.75 Å². The Labute approximate surface area is 115 Å². The molecule has 1 rings (SSSR count). The Kier molecular flexibility index (Phi) is 5.08. The number of rotatable bonds is 6. The molecule has 20 heavy (non-hydrogen) atoms. The van der Waals surface area contributed by atoms with Crippen molar-refractivity contribution in [1.29, 1.82) is 0 Å². The largest absolute Gasteiger partial charge is 0.493 e. The Morgan fingerprint density at radius 3 is 2.55 bits per heavy atom. The van der Waals surface area contributed by atoms with E-state index in [1.54, 1.807) is 13.8 Å². The van der Waals surface area contributed by atoms with Crippen LogP contribution in [0.15, 0.2) is 18.2 Å². The van der Waals surface area contributed by atoms with E-state index in [1.165, 1.54) is 25.3 Å². The Balaban J connectivity index is 3.37. The Morgan fingerprint density at radius 1 is 1.45 bits per heavy atom. The maximum Gasteiger partial charge on any atom is 0.328 e. The van der Waals surface area contributed by atoms with E-state index in [0.29, 0.717) is 5.56 Å². The highest BCUT2D eigenvalue weighted by atomic mass is 16.6. The SMILES string of the molecule is COc1cc(C=CC(=O)O)cc([N+](=O)[O-])c1OC(C)C. The number of ether oxygens (including phenoxy) is 2. The van der Waals surface area contributed by atoms with Gasteiger partial charge in [0.1, 0.15) is 0 Å². The number of hydrogen-bond acceptors (Lipinski definition) is 5. The van der Waals surface area contributed by atoms with Crippen LogP contribution in [0.4, 0.5) is 5.69 Å². The van der Waals surface area contributed by atoms with Gasteiger partial charge < -0.3 is 14.6 Å². The average molecular weight is 281 g/mol. The lowest BCUT2D eigenvalue weighted by atomic mass is 10.1. The molecule has 0 saturated carbocycles. The van der Waals surface area contributed by atoms with E-state index >= 15 is 0 Å². The van der Waals surface area contributed by atoms with Gasteiger partial charge in [-0.05, 0) is 31.6 Å². The predicted molar refractivity (Wildman–Crippen MR) is 72.1 cm³/mol. The molecule has 1 aromatic rings. The van der Waals surface area contributed by atoms with Gasteiger partial charge in [-0.2, -0.15) is 0 Å². The van der Waals surface area contributed by atoms with Crippen LogP contribution in [-0.4, -0.2) is 29.2 Å². The molecule has 0 aromatic heterocycles. The Bertz CT molecular complexity index is 550. The van der Waals surface area contributed by atoms with Crippen LogP contribution >= 0.6 is 0 Å². The highest BCUT2D eigenvalue weighted by molar-refractivity contribution is 5.85. The summed E-state index contributed by atoms with van der Waals surface area (Å²) in [5.41, 5.74) is 0.0649. The first-order valence-electron chi connectivity index (χ1n) is 5.79. The first-order valence-corrected chi connectivity index (χ1v) is 5.79. The third kappa shape index (κ3) is 3.98. The fourth-order valence-corrected chi connectivity index (χ4v) is 1.51. The lowest BCUT2D eigenvalue weighted by Crippen LogP contribution is -2.09. The van der Waals surface area contributed by atoms with E-state index in [-0.39, 0.29) is 23.3 Å². The van der Waals surface area contributed by atoms with Crippen molar-refractivity contribution in [1.82, 2.24) is 0 Å². The quantitative estimate of drug-likeness (QED) is 0.488. The summed E-state index contributed by atoms with van der Waals surface area (Å²) in [4.78, 5) is 21.0. The maximum atomic E-state index is 11.1. The molecule has 0 fully saturated rings. The molecule has 1 aromatic carbocycles. The number of hydrogen-bond donors (Lipinski definition) is 1. The second-order valence-electron chi connectivity index (χ2n) is 4.17. The predicted octanol–water partition coefficient (Wildman–Crippen LogP) is 2.49. The zero-order chi connectivity index (χ0) is 15.3. The minimum atomic E-state index is -1.14. The maximum absolute atomic E-state index is 11.1. The number of nitrogens with zero attached hydrogens (tertiary/aromatic N) is 1. The Morgan fingerprint density at radius 2 is 2.10 bits per heavy atom. The molecular weight excluding hydrogens is 266 g/mol. The van der Waals surface area contributed by atoms with Crippen molar-refractivity contribution in [3.63, 3.8) is 0 Å². The molecule has 108 valence electrons. The van der Waals surface area contributed by atoms with Gasteiger partial charge in [-0.15, -0.1) is 0 Å². The zero-order valence-electron chi connectivity index (χ0n) is 11.3. The van der Waals surface area contributed by atoms with Gasteiger partial charge in [-0.1, -0.05) is 0 Å².